The summed E-state index contributed by atoms with van der Waals surface area (Å²) in [5.41, 5.74) is 4.82. The van der Waals surface area contributed by atoms with Crippen LogP contribution in [0, 0.1) is 0 Å². The number of fused-ring (bicyclic) bond motifs is 3. The molecular weight excluding hydrogens is 194 g/mol. The van der Waals surface area contributed by atoms with Gasteiger partial charge in [-0.15, -0.1) is 0 Å². The maximum Gasteiger partial charge on any atom is 0.0494 e. The Kier molecular flexibility index (Phi) is 1.87. The van der Waals surface area contributed by atoms with Gasteiger partial charge in [0.25, 0.3) is 0 Å². The number of benzene rings is 1. The fraction of sp³-hybridized carbons (Fsp3) is 0.0667. The van der Waals surface area contributed by atoms with Crippen LogP contribution in [0.1, 0.15) is 11.3 Å². The van der Waals surface area contributed by atoms with Gasteiger partial charge >= 0.3 is 0 Å². The molecule has 78 valence electrons. The molecule has 0 atom stereocenters. The number of aromatic nitrogens is 1. The highest BCUT2D eigenvalue weighted by Crippen LogP contribution is 2.33. The molecule has 0 aliphatic heterocycles. The number of rotatable bonds is 0. The lowest BCUT2D eigenvalue weighted by Crippen LogP contribution is -1.91. The van der Waals surface area contributed by atoms with Crippen molar-refractivity contribution in [2.45, 2.75) is 0 Å². The van der Waals surface area contributed by atoms with E-state index in [-0.39, 0.29) is 0 Å². The molecule has 3 rings (SSSR count). The van der Waals surface area contributed by atoms with Crippen LogP contribution < -0.4 is 0 Å². The molecule has 1 aromatic carbocycles. The zero-order valence-electron chi connectivity index (χ0n) is 9.27. The molecule has 0 fully saturated rings. The largest absolute Gasteiger partial charge is 0.344 e. The van der Waals surface area contributed by atoms with Crippen molar-refractivity contribution in [1.82, 2.24) is 4.57 Å². The normalized spacial score (nSPS) is 14.2. The van der Waals surface area contributed by atoms with Gasteiger partial charge in [-0.25, -0.2) is 0 Å². The molecule has 0 N–H and O–H groups in total. The third-order valence-corrected chi connectivity index (χ3v) is 3.14. The van der Waals surface area contributed by atoms with E-state index >= 15 is 0 Å². The molecule has 0 amide bonds. The van der Waals surface area contributed by atoms with Gasteiger partial charge in [0, 0.05) is 29.2 Å². The average molecular weight is 207 g/mol. The van der Waals surface area contributed by atoms with Gasteiger partial charge in [0.1, 0.15) is 0 Å². The lowest BCUT2D eigenvalue weighted by molar-refractivity contribution is 0.953. The van der Waals surface area contributed by atoms with Crippen LogP contribution in [0.25, 0.3) is 22.6 Å². The zero-order valence-corrected chi connectivity index (χ0v) is 9.27. The van der Waals surface area contributed by atoms with Gasteiger partial charge in [-0.05, 0) is 17.7 Å². The van der Waals surface area contributed by atoms with Crippen molar-refractivity contribution in [1.29, 1.82) is 0 Å². The predicted octanol–water partition coefficient (Wildman–Crippen LogP) is 3.77. The molecule has 0 bridgehead atoms. The van der Waals surface area contributed by atoms with Crippen molar-refractivity contribution in [3.63, 3.8) is 0 Å². The molecule has 1 nitrogen and oxygen atoms in total. The first kappa shape index (κ1) is 9.22. The van der Waals surface area contributed by atoms with Gasteiger partial charge in [-0.2, -0.15) is 0 Å². The van der Waals surface area contributed by atoms with Gasteiger partial charge in [-0.3, -0.25) is 0 Å². The highest BCUT2D eigenvalue weighted by atomic mass is 14.9. The summed E-state index contributed by atoms with van der Waals surface area (Å²) in [6, 6.07) is 8.46. The van der Waals surface area contributed by atoms with Crippen molar-refractivity contribution in [2.24, 2.45) is 7.05 Å². The molecule has 0 saturated heterocycles. The Balaban J connectivity index is 2.50. The summed E-state index contributed by atoms with van der Waals surface area (Å²) in [6.45, 7) is 4.14. The molecule has 16 heavy (non-hydrogen) atoms. The standard InChI is InChI=1S/C15H13N/c1-11-7-3-5-10-14-15(11)12-8-4-6-9-13(12)16(14)2/h3-10H,1H2,2H3. The number of para-hydroxylation sites is 1. The minimum absolute atomic E-state index is 1.08. The van der Waals surface area contributed by atoms with Crippen molar-refractivity contribution in [2.75, 3.05) is 0 Å². The van der Waals surface area contributed by atoms with Crippen molar-refractivity contribution in [3.05, 3.63) is 60.3 Å². The van der Waals surface area contributed by atoms with Crippen LogP contribution in [0.15, 0.2) is 49.1 Å². The second-order valence-electron chi connectivity index (χ2n) is 4.08. The molecule has 1 aliphatic rings. The van der Waals surface area contributed by atoms with E-state index in [1.54, 1.807) is 0 Å². The number of nitrogens with zero attached hydrogens (tertiary/aromatic N) is 1. The highest BCUT2D eigenvalue weighted by molar-refractivity contribution is 5.99. The number of hydrogen-bond donors (Lipinski definition) is 0. The summed E-state index contributed by atoms with van der Waals surface area (Å²) in [5, 5.41) is 1.28. The Labute approximate surface area is 95.0 Å². The van der Waals surface area contributed by atoms with E-state index in [0.717, 1.165) is 5.57 Å². The van der Waals surface area contributed by atoms with Crippen LogP contribution in [-0.2, 0) is 7.05 Å². The average Bonchev–Trinajstić information content (AvgIpc) is 2.46. The van der Waals surface area contributed by atoms with Crippen molar-refractivity contribution < 1.29 is 0 Å². The summed E-state index contributed by atoms with van der Waals surface area (Å²) >= 11 is 0. The van der Waals surface area contributed by atoms with E-state index in [9.17, 15) is 0 Å². The lowest BCUT2D eigenvalue weighted by atomic mass is 10.0. The van der Waals surface area contributed by atoms with Crippen molar-refractivity contribution in [3.8, 4) is 0 Å². The molecule has 0 saturated carbocycles. The second kappa shape index (κ2) is 3.24. The van der Waals surface area contributed by atoms with Crippen LogP contribution in [0.2, 0.25) is 0 Å². The molecule has 0 spiro atoms. The van der Waals surface area contributed by atoms with E-state index in [2.05, 4.69) is 60.7 Å². The van der Waals surface area contributed by atoms with Crippen LogP contribution in [0.4, 0.5) is 0 Å². The topological polar surface area (TPSA) is 4.93 Å². The smallest absolute Gasteiger partial charge is 0.0494 e. The molecule has 1 aliphatic carbocycles. The number of aryl methyl sites for hydroxylation is 1. The Bertz CT molecular complexity index is 639. The molecule has 2 aromatic rings. The van der Waals surface area contributed by atoms with Gasteiger partial charge in [0.15, 0.2) is 0 Å². The number of hydrogen-bond acceptors (Lipinski definition) is 0. The summed E-state index contributed by atoms with van der Waals surface area (Å²) in [7, 11) is 2.10. The highest BCUT2D eigenvalue weighted by Gasteiger charge is 2.14. The summed E-state index contributed by atoms with van der Waals surface area (Å²) in [4.78, 5) is 0. The van der Waals surface area contributed by atoms with Crippen LogP contribution in [0.5, 0.6) is 0 Å². The minimum atomic E-state index is 1.08. The van der Waals surface area contributed by atoms with Crippen LogP contribution in [0.3, 0.4) is 0 Å². The summed E-state index contributed by atoms with van der Waals surface area (Å²) in [6.07, 6.45) is 8.31. The third kappa shape index (κ3) is 1.12. The minimum Gasteiger partial charge on any atom is -0.344 e. The fourth-order valence-electron chi connectivity index (χ4n) is 2.35. The Morgan fingerprint density at radius 3 is 2.69 bits per heavy atom. The second-order valence-corrected chi connectivity index (χ2v) is 4.08. The maximum atomic E-state index is 4.14. The van der Waals surface area contributed by atoms with E-state index in [4.69, 9.17) is 0 Å². The molecule has 0 radical (unpaired) electrons. The Morgan fingerprint density at radius 1 is 1.06 bits per heavy atom. The lowest BCUT2D eigenvalue weighted by Gasteiger charge is -2.00. The fourth-order valence-corrected chi connectivity index (χ4v) is 2.35. The van der Waals surface area contributed by atoms with Gasteiger partial charge in [0.05, 0.1) is 0 Å². The summed E-state index contributed by atoms with van der Waals surface area (Å²) in [5.74, 6) is 0. The Morgan fingerprint density at radius 2 is 1.81 bits per heavy atom. The van der Waals surface area contributed by atoms with E-state index in [1.807, 2.05) is 6.08 Å². The monoisotopic (exact) mass is 207 g/mol. The molecule has 1 heterocycles. The van der Waals surface area contributed by atoms with Gasteiger partial charge < -0.3 is 4.57 Å². The predicted molar refractivity (Wildman–Crippen MR) is 70.1 cm³/mol. The van der Waals surface area contributed by atoms with E-state index < -0.39 is 0 Å². The SMILES string of the molecule is C=C1C=CC=Cc2c1c1ccccc1n2C. The quantitative estimate of drug-likeness (QED) is 0.619. The maximum absolute atomic E-state index is 4.14. The van der Waals surface area contributed by atoms with Crippen LogP contribution in [-0.4, -0.2) is 4.57 Å². The Hall–Kier alpha value is -2.02. The molecular formula is C15H13N. The summed E-state index contributed by atoms with van der Waals surface area (Å²) < 4.78 is 2.22. The van der Waals surface area contributed by atoms with Crippen LogP contribution >= 0.6 is 0 Å². The first-order valence-electron chi connectivity index (χ1n) is 5.40. The first-order valence-corrected chi connectivity index (χ1v) is 5.40. The zero-order chi connectivity index (χ0) is 11.1. The van der Waals surface area contributed by atoms with Gasteiger partial charge in [-0.1, -0.05) is 43.0 Å². The molecule has 1 aromatic heterocycles. The van der Waals surface area contributed by atoms with E-state index in [0.29, 0.717) is 0 Å². The first-order chi connectivity index (χ1) is 7.79. The third-order valence-electron chi connectivity index (χ3n) is 3.14. The van der Waals surface area contributed by atoms with E-state index in [1.165, 1.54) is 22.2 Å². The van der Waals surface area contributed by atoms with Crippen molar-refractivity contribution >= 4 is 22.6 Å². The molecule has 0 unspecified atom stereocenters. The number of allylic oxidation sites excluding steroid dienone is 4. The van der Waals surface area contributed by atoms with Gasteiger partial charge in [0.2, 0.25) is 0 Å². The molecule has 1 heteroatoms.